The number of rotatable bonds is 13. The summed E-state index contributed by atoms with van der Waals surface area (Å²) in [5, 5.41) is 0. The van der Waals surface area contributed by atoms with Gasteiger partial charge >= 0.3 is 5.69 Å². The van der Waals surface area contributed by atoms with Crippen LogP contribution in [0.4, 0.5) is 0 Å². The average molecular weight is 466 g/mol. The molecule has 0 aliphatic heterocycles. The van der Waals surface area contributed by atoms with Crippen LogP contribution in [0.5, 0.6) is 5.75 Å². The van der Waals surface area contributed by atoms with Crippen molar-refractivity contribution in [3.63, 3.8) is 0 Å². The minimum absolute atomic E-state index is 0.0480. The first-order chi connectivity index (χ1) is 15.2. The van der Waals surface area contributed by atoms with E-state index >= 15 is 0 Å². The van der Waals surface area contributed by atoms with Gasteiger partial charge in [-0.05, 0) is 48.8 Å². The molecule has 0 bridgehead atoms. The molecule has 1 aliphatic carbocycles. The molecule has 9 nitrogen and oxygen atoms in total. The predicted octanol–water partition coefficient (Wildman–Crippen LogP) is 2.01. The quantitative estimate of drug-likeness (QED) is 0.437. The lowest BCUT2D eigenvalue weighted by Gasteiger charge is -2.23. The maximum atomic E-state index is 12.7. The van der Waals surface area contributed by atoms with E-state index in [0.717, 1.165) is 11.3 Å². The zero-order valence-corrected chi connectivity index (χ0v) is 19.3. The molecule has 1 atom stereocenters. The fourth-order valence-corrected chi connectivity index (χ4v) is 4.61. The second-order valence-electron chi connectivity index (χ2n) is 8.46. The predicted molar refractivity (Wildman–Crippen MR) is 121 cm³/mol. The first kappa shape index (κ1) is 24.2. The van der Waals surface area contributed by atoms with Crippen LogP contribution in [-0.2, 0) is 21.5 Å². The van der Waals surface area contributed by atoms with E-state index in [1.165, 1.54) is 29.7 Å². The van der Waals surface area contributed by atoms with Crippen LogP contribution in [0.2, 0.25) is 0 Å². The van der Waals surface area contributed by atoms with Gasteiger partial charge in [0.25, 0.3) is 5.56 Å². The van der Waals surface area contributed by atoms with Crippen molar-refractivity contribution in [2.75, 3.05) is 19.0 Å². The van der Waals surface area contributed by atoms with Gasteiger partial charge in [-0.1, -0.05) is 26.0 Å². The number of H-pyrrole nitrogens is 1. The molecule has 2 aromatic rings. The van der Waals surface area contributed by atoms with E-state index in [9.17, 15) is 18.0 Å². The summed E-state index contributed by atoms with van der Waals surface area (Å²) in [5.41, 5.74) is -0.191. The summed E-state index contributed by atoms with van der Waals surface area (Å²) in [6.45, 7) is 4.73. The fraction of sp³-hybridized carbons (Fsp3) is 0.545. The topological polar surface area (TPSA) is 119 Å². The summed E-state index contributed by atoms with van der Waals surface area (Å²) in [4.78, 5) is 24.8. The monoisotopic (exact) mass is 465 g/mol. The highest BCUT2D eigenvalue weighted by Gasteiger charge is 2.24. The molecule has 1 aromatic carbocycles. The molecule has 32 heavy (non-hydrogen) atoms. The van der Waals surface area contributed by atoms with Gasteiger partial charge < -0.3 is 9.47 Å². The van der Waals surface area contributed by atoms with E-state index in [2.05, 4.69) is 9.71 Å². The van der Waals surface area contributed by atoms with E-state index < -0.39 is 21.3 Å². The minimum atomic E-state index is -3.55. The highest BCUT2D eigenvalue weighted by molar-refractivity contribution is 7.89. The Morgan fingerprint density at radius 3 is 2.69 bits per heavy atom. The number of hydrogen-bond acceptors (Lipinski definition) is 6. The van der Waals surface area contributed by atoms with Gasteiger partial charge in [0.05, 0.1) is 12.4 Å². The molecule has 1 heterocycles. The molecule has 3 rings (SSSR count). The molecule has 2 N–H and O–H groups in total. The van der Waals surface area contributed by atoms with E-state index in [-0.39, 0.29) is 37.5 Å². The number of sulfonamides is 1. The van der Waals surface area contributed by atoms with Crippen molar-refractivity contribution in [1.29, 1.82) is 0 Å². The molecule has 1 saturated carbocycles. The van der Waals surface area contributed by atoms with Gasteiger partial charge in [0.15, 0.2) is 0 Å². The molecule has 0 amide bonds. The van der Waals surface area contributed by atoms with Gasteiger partial charge in [0.1, 0.15) is 12.5 Å². The molecule has 1 aromatic heterocycles. The Morgan fingerprint density at radius 2 is 2.00 bits per heavy atom. The Kier molecular flexibility index (Phi) is 8.27. The van der Waals surface area contributed by atoms with Crippen molar-refractivity contribution in [2.45, 2.75) is 45.9 Å². The first-order valence-electron chi connectivity index (χ1n) is 10.8. The zero-order valence-electron chi connectivity index (χ0n) is 18.5. The third-order valence-corrected chi connectivity index (χ3v) is 6.64. The van der Waals surface area contributed by atoms with Gasteiger partial charge in [0.2, 0.25) is 10.0 Å². The van der Waals surface area contributed by atoms with Crippen molar-refractivity contribution in [3.05, 3.63) is 62.9 Å². The van der Waals surface area contributed by atoms with Crippen molar-refractivity contribution in [3.8, 4) is 5.75 Å². The fourth-order valence-electron chi connectivity index (χ4n) is 3.20. The van der Waals surface area contributed by atoms with E-state index in [1.54, 1.807) is 0 Å². The Morgan fingerprint density at radius 1 is 1.22 bits per heavy atom. The Hall–Kier alpha value is -2.43. The summed E-state index contributed by atoms with van der Waals surface area (Å²) in [5.74, 6) is 1.34. The Labute approximate surface area is 187 Å². The second-order valence-corrected chi connectivity index (χ2v) is 10.3. The molecule has 0 saturated heterocycles. The number of aromatic amines is 1. The Bertz CT molecular complexity index is 1100. The highest BCUT2D eigenvalue weighted by atomic mass is 32.2. The molecule has 10 heteroatoms. The van der Waals surface area contributed by atoms with Gasteiger partial charge in [-0.25, -0.2) is 17.9 Å². The average Bonchev–Trinajstić information content (AvgIpc) is 3.56. The van der Waals surface area contributed by atoms with Gasteiger partial charge in [-0.2, -0.15) is 0 Å². The third-order valence-electron chi connectivity index (χ3n) is 5.20. The van der Waals surface area contributed by atoms with Crippen molar-refractivity contribution in [1.82, 2.24) is 14.3 Å². The zero-order chi connectivity index (χ0) is 23.1. The summed E-state index contributed by atoms with van der Waals surface area (Å²) >= 11 is 0. The van der Waals surface area contributed by atoms with Crippen molar-refractivity contribution >= 4 is 10.0 Å². The third kappa shape index (κ3) is 7.61. The maximum Gasteiger partial charge on any atom is 0.330 e. The van der Waals surface area contributed by atoms with Crippen LogP contribution in [0, 0.1) is 11.8 Å². The molecular weight excluding hydrogens is 434 g/mol. The Balaban J connectivity index is 1.50. The van der Waals surface area contributed by atoms with Gasteiger partial charge in [0, 0.05) is 24.9 Å². The van der Waals surface area contributed by atoms with Crippen LogP contribution in [0.3, 0.4) is 0 Å². The minimum Gasteiger partial charge on any atom is -0.493 e. The van der Waals surface area contributed by atoms with Crippen molar-refractivity contribution < 1.29 is 17.9 Å². The molecule has 176 valence electrons. The molecule has 0 radical (unpaired) electrons. The van der Waals surface area contributed by atoms with Crippen LogP contribution < -0.4 is 20.7 Å². The molecular formula is C22H31N3O6S. The van der Waals surface area contributed by atoms with Crippen LogP contribution in [-0.4, -0.2) is 36.9 Å². The van der Waals surface area contributed by atoms with Crippen LogP contribution in [0.1, 0.15) is 44.7 Å². The normalized spacial score (nSPS) is 15.1. The van der Waals surface area contributed by atoms with E-state index in [0.29, 0.717) is 12.5 Å². The molecule has 0 spiro atoms. The highest BCUT2D eigenvalue weighted by Crippen LogP contribution is 2.31. The second kappa shape index (κ2) is 10.9. The summed E-state index contributed by atoms with van der Waals surface area (Å²) in [6.07, 6.45) is 4.01. The van der Waals surface area contributed by atoms with Crippen molar-refractivity contribution in [2.24, 2.45) is 11.8 Å². The summed E-state index contributed by atoms with van der Waals surface area (Å²) in [7, 11) is -3.55. The molecule has 1 aliphatic rings. The number of ether oxygens (including phenoxy) is 2. The van der Waals surface area contributed by atoms with Gasteiger partial charge in [-0.15, -0.1) is 0 Å². The largest absolute Gasteiger partial charge is 0.493 e. The maximum absolute atomic E-state index is 12.7. The number of nitrogens with zero attached hydrogens (tertiary/aromatic N) is 1. The van der Waals surface area contributed by atoms with Crippen LogP contribution in [0.15, 0.2) is 46.1 Å². The van der Waals surface area contributed by atoms with E-state index in [4.69, 9.17) is 9.47 Å². The summed E-state index contributed by atoms with van der Waals surface area (Å²) in [6, 6.07) is 8.43. The summed E-state index contributed by atoms with van der Waals surface area (Å²) < 4.78 is 40.5. The SMILES string of the molecule is CC(C)C(NS(=O)(=O)CCCOCn1ccc(=O)[nH]c1=O)c1cccc(OCC2CC2)c1. The number of hydrogen-bond donors (Lipinski definition) is 2. The number of benzene rings is 1. The lowest BCUT2D eigenvalue weighted by molar-refractivity contribution is 0.0744. The molecule has 1 unspecified atom stereocenters. The lowest BCUT2D eigenvalue weighted by Crippen LogP contribution is -2.34. The number of aromatic nitrogens is 2. The lowest BCUT2D eigenvalue weighted by atomic mass is 9.97. The molecule has 1 fully saturated rings. The number of nitrogens with one attached hydrogen (secondary N) is 2. The first-order valence-corrected chi connectivity index (χ1v) is 12.5. The van der Waals surface area contributed by atoms with Gasteiger partial charge in [-0.3, -0.25) is 14.3 Å². The standard InChI is InChI=1S/C22H31N3O6S/c1-16(2)21(18-5-3-6-19(13-18)31-14-17-7-8-17)24-32(28,29)12-4-11-30-15-25-10-9-20(26)23-22(25)27/h3,5-6,9-10,13,16-17,21,24H,4,7-8,11-12,14-15H2,1-2H3,(H,23,26,27). The smallest absolute Gasteiger partial charge is 0.330 e. The van der Waals surface area contributed by atoms with E-state index in [1.807, 2.05) is 38.1 Å². The van der Waals surface area contributed by atoms with Crippen LogP contribution >= 0.6 is 0 Å². The van der Waals surface area contributed by atoms with Crippen LogP contribution in [0.25, 0.3) is 0 Å².